The summed E-state index contributed by atoms with van der Waals surface area (Å²) in [6, 6.07) is 0. The van der Waals surface area contributed by atoms with Crippen LogP contribution < -0.4 is 0 Å². The Labute approximate surface area is 83.4 Å². The molecule has 2 nitrogen and oxygen atoms in total. The first-order valence-electron chi connectivity index (χ1n) is 4.27. The number of esters is 1. The van der Waals surface area contributed by atoms with E-state index < -0.39 is 21.8 Å². The molecule has 0 N–H and O–H groups in total. The number of hydrogen-bond acceptors (Lipinski definition) is 2. The molecule has 0 amide bonds. The molecule has 0 aromatic rings. The third-order valence-electron chi connectivity index (χ3n) is 2.05. The van der Waals surface area contributed by atoms with Gasteiger partial charge in [0.15, 0.2) is 0 Å². The van der Waals surface area contributed by atoms with Gasteiger partial charge in [-0.1, -0.05) is 0 Å². The SMILES string of the molecule is CCCOC(=O)[C](C)(C)[Bi]([CH3])[CH3]. The molecule has 0 unspecified atom stereocenters. The summed E-state index contributed by atoms with van der Waals surface area (Å²) in [7, 11) is 0. The van der Waals surface area contributed by atoms with Gasteiger partial charge in [-0.05, 0) is 0 Å². The van der Waals surface area contributed by atoms with E-state index in [1.165, 1.54) is 0 Å². The maximum atomic E-state index is 11.5. The van der Waals surface area contributed by atoms with E-state index in [4.69, 9.17) is 4.74 Å². The molecule has 0 aliphatic rings. The van der Waals surface area contributed by atoms with Gasteiger partial charge in [0.1, 0.15) is 0 Å². The fourth-order valence-electron chi connectivity index (χ4n) is 0.554. The van der Waals surface area contributed by atoms with Crippen LogP contribution in [0, 0.1) is 0 Å². The van der Waals surface area contributed by atoms with Crippen LogP contribution in [0.3, 0.4) is 0 Å². The quantitative estimate of drug-likeness (QED) is 0.563. The summed E-state index contributed by atoms with van der Waals surface area (Å²) in [6.07, 6.45) is 0.911. The molecule has 0 aliphatic heterocycles. The summed E-state index contributed by atoms with van der Waals surface area (Å²) in [5, 5.41) is 0. The summed E-state index contributed by atoms with van der Waals surface area (Å²) in [5.74, 6) is 0.00660. The third-order valence-corrected chi connectivity index (χ3v) is 11.5. The molecule has 0 rings (SSSR count). The van der Waals surface area contributed by atoms with Gasteiger partial charge in [-0.25, -0.2) is 0 Å². The van der Waals surface area contributed by atoms with Crippen molar-refractivity contribution in [3.8, 4) is 0 Å². The summed E-state index contributed by atoms with van der Waals surface area (Å²) in [4.78, 5) is 11.5. The number of rotatable bonds is 4. The molecular formula is C9H19BiO2. The van der Waals surface area contributed by atoms with E-state index in [0.29, 0.717) is 6.61 Å². The number of carbonyl (C=O) groups excluding carboxylic acids is 1. The van der Waals surface area contributed by atoms with Gasteiger partial charge in [0.2, 0.25) is 0 Å². The second-order valence-corrected chi connectivity index (χ2v) is 14.9. The van der Waals surface area contributed by atoms with Crippen molar-refractivity contribution in [3.05, 3.63) is 0 Å². The van der Waals surface area contributed by atoms with Crippen LogP contribution in [0.25, 0.3) is 0 Å². The van der Waals surface area contributed by atoms with E-state index in [-0.39, 0.29) is 9.09 Å². The van der Waals surface area contributed by atoms with Crippen LogP contribution in [0.2, 0.25) is 12.4 Å². The topological polar surface area (TPSA) is 26.3 Å². The van der Waals surface area contributed by atoms with Crippen LogP contribution in [-0.4, -0.2) is 34.3 Å². The van der Waals surface area contributed by atoms with Crippen LogP contribution in [0.15, 0.2) is 0 Å². The van der Waals surface area contributed by atoms with Crippen LogP contribution in [0.4, 0.5) is 0 Å². The molecule has 0 saturated carbocycles. The molecule has 0 aromatic heterocycles. The molecule has 0 atom stereocenters. The molecule has 0 heterocycles. The average Bonchev–Trinajstić information content (AvgIpc) is 1.99. The molecule has 0 saturated heterocycles. The van der Waals surface area contributed by atoms with Gasteiger partial charge in [-0.3, -0.25) is 0 Å². The maximum absolute atomic E-state index is 11.5. The van der Waals surface area contributed by atoms with Crippen molar-refractivity contribution in [2.45, 2.75) is 39.6 Å². The van der Waals surface area contributed by atoms with Crippen molar-refractivity contribution in [1.82, 2.24) is 0 Å². The second-order valence-electron chi connectivity index (χ2n) is 3.59. The van der Waals surface area contributed by atoms with Gasteiger partial charge >= 0.3 is 83.4 Å². The number of hydrogen-bond donors (Lipinski definition) is 0. The average molecular weight is 368 g/mol. The van der Waals surface area contributed by atoms with Crippen molar-refractivity contribution < 1.29 is 9.53 Å². The zero-order chi connectivity index (χ0) is 9.78. The molecule has 0 radical (unpaired) electrons. The number of ether oxygens (including phenoxy) is 1. The second kappa shape index (κ2) is 5.16. The first-order valence-corrected chi connectivity index (χ1v) is 13.0. The van der Waals surface area contributed by atoms with Gasteiger partial charge < -0.3 is 0 Å². The van der Waals surface area contributed by atoms with E-state index in [9.17, 15) is 4.79 Å². The van der Waals surface area contributed by atoms with Gasteiger partial charge in [-0.15, -0.1) is 0 Å². The zero-order valence-electron chi connectivity index (χ0n) is 8.68. The summed E-state index contributed by atoms with van der Waals surface area (Å²) < 4.78 is 9.46. The Kier molecular flexibility index (Phi) is 5.31. The fourth-order valence-corrected chi connectivity index (χ4v) is 2.22. The van der Waals surface area contributed by atoms with Gasteiger partial charge in [-0.2, -0.15) is 0 Å². The normalized spacial score (nSPS) is 11.8. The van der Waals surface area contributed by atoms with E-state index in [2.05, 4.69) is 9.26 Å². The Morgan fingerprint density at radius 3 is 2.25 bits per heavy atom. The Hall–Kier alpha value is 0.353. The summed E-state index contributed by atoms with van der Waals surface area (Å²) in [5.41, 5.74) is 0. The molecule has 12 heavy (non-hydrogen) atoms. The van der Waals surface area contributed by atoms with Crippen LogP contribution in [-0.2, 0) is 9.53 Å². The van der Waals surface area contributed by atoms with E-state index >= 15 is 0 Å². The number of carbonyl (C=O) groups is 1. The Balaban J connectivity index is 4.07. The predicted molar refractivity (Wildman–Crippen MR) is 52.8 cm³/mol. The molecule has 3 heteroatoms. The minimum absolute atomic E-state index is 0.00660. The summed E-state index contributed by atoms with van der Waals surface area (Å²) >= 11 is -1.55. The van der Waals surface area contributed by atoms with E-state index in [0.717, 1.165) is 6.42 Å². The monoisotopic (exact) mass is 368 g/mol. The molecule has 0 fully saturated rings. The Bertz CT molecular complexity index is 153. The van der Waals surface area contributed by atoms with Crippen molar-refractivity contribution in [2.75, 3.05) is 6.61 Å². The molecule has 0 aliphatic carbocycles. The van der Waals surface area contributed by atoms with Crippen LogP contribution >= 0.6 is 0 Å². The van der Waals surface area contributed by atoms with E-state index in [1.54, 1.807) is 0 Å². The fraction of sp³-hybridized carbons (Fsp3) is 0.889. The molecule has 0 spiro atoms. The van der Waals surface area contributed by atoms with Crippen molar-refractivity contribution in [2.24, 2.45) is 0 Å². The Morgan fingerprint density at radius 2 is 1.92 bits per heavy atom. The molecular weight excluding hydrogens is 349 g/mol. The third kappa shape index (κ3) is 3.39. The zero-order valence-corrected chi connectivity index (χ0v) is 12.2. The van der Waals surface area contributed by atoms with Crippen molar-refractivity contribution in [3.63, 3.8) is 0 Å². The molecule has 0 bridgehead atoms. The van der Waals surface area contributed by atoms with Crippen LogP contribution in [0.5, 0.6) is 0 Å². The van der Waals surface area contributed by atoms with Crippen molar-refractivity contribution in [1.29, 1.82) is 0 Å². The van der Waals surface area contributed by atoms with Crippen molar-refractivity contribution >= 4 is 27.7 Å². The predicted octanol–water partition coefficient (Wildman–Crippen LogP) is 2.47. The molecule has 72 valence electrons. The van der Waals surface area contributed by atoms with Gasteiger partial charge in [0, 0.05) is 0 Å². The van der Waals surface area contributed by atoms with Gasteiger partial charge in [0.25, 0.3) is 0 Å². The first kappa shape index (κ1) is 12.4. The standard InChI is InChI=1S/C7H13O2.2CH3.Bi/c1-4-5-9-7(8)6(2)3;;;/h4-5H2,1-3H3;2*1H3;. The first-order chi connectivity index (χ1) is 5.42. The van der Waals surface area contributed by atoms with Crippen LogP contribution in [0.1, 0.15) is 27.2 Å². The summed E-state index contributed by atoms with van der Waals surface area (Å²) in [6.45, 7) is 6.62. The van der Waals surface area contributed by atoms with Gasteiger partial charge in [0.05, 0.1) is 0 Å². The minimum atomic E-state index is -1.55. The Morgan fingerprint density at radius 1 is 1.42 bits per heavy atom. The molecule has 0 aromatic carbocycles. The van der Waals surface area contributed by atoms with E-state index in [1.807, 2.05) is 20.8 Å².